The van der Waals surface area contributed by atoms with Crippen molar-refractivity contribution in [2.45, 2.75) is 13.5 Å². The van der Waals surface area contributed by atoms with Crippen LogP contribution in [-0.4, -0.2) is 20.6 Å². The maximum Gasteiger partial charge on any atom is 0.319 e. The van der Waals surface area contributed by atoms with Crippen LogP contribution >= 0.6 is 0 Å². The van der Waals surface area contributed by atoms with Gasteiger partial charge in [-0.25, -0.2) is 9.31 Å². The minimum atomic E-state index is -0.347. The Morgan fingerprint density at radius 2 is 1.76 bits per heavy atom. The lowest BCUT2D eigenvalue weighted by Crippen LogP contribution is -2.28. The molecule has 0 aliphatic heterocycles. The normalized spacial score (nSPS) is 10.5. The molecular formula is C28H23N7O2. The van der Waals surface area contributed by atoms with E-state index in [4.69, 9.17) is 4.74 Å². The number of benzene rings is 2. The first-order valence-electron chi connectivity index (χ1n) is 11.6. The van der Waals surface area contributed by atoms with Gasteiger partial charge in [-0.2, -0.15) is 10.4 Å². The minimum absolute atomic E-state index is 0.347. The summed E-state index contributed by atoms with van der Waals surface area (Å²) in [7, 11) is 0. The number of nitrogens with one attached hydrogen (secondary N) is 3. The van der Waals surface area contributed by atoms with Crippen molar-refractivity contribution in [1.82, 2.24) is 19.9 Å². The lowest BCUT2D eigenvalue weighted by atomic mass is 10.1. The molecule has 37 heavy (non-hydrogen) atoms. The summed E-state index contributed by atoms with van der Waals surface area (Å²) in [5, 5.41) is 23.1. The number of carbonyl (C=O) groups is 1. The summed E-state index contributed by atoms with van der Waals surface area (Å²) in [6, 6.07) is 22.5. The summed E-state index contributed by atoms with van der Waals surface area (Å²) in [5.74, 6) is 1.44. The van der Waals surface area contributed by atoms with Gasteiger partial charge < -0.3 is 20.7 Å². The number of amides is 2. The Morgan fingerprint density at radius 1 is 1.03 bits per heavy atom. The molecular weight excluding hydrogens is 466 g/mol. The maximum atomic E-state index is 12.5. The largest absolute Gasteiger partial charge is 0.457 e. The molecule has 3 N–H and O–H groups in total. The van der Waals surface area contributed by atoms with Crippen molar-refractivity contribution in [1.29, 1.82) is 5.26 Å². The molecule has 3 heterocycles. The Hall–Kier alpha value is -5.36. The third-order valence-electron chi connectivity index (χ3n) is 5.73. The Morgan fingerprint density at radius 3 is 2.49 bits per heavy atom. The van der Waals surface area contributed by atoms with E-state index in [1.165, 1.54) is 6.20 Å². The molecule has 0 fully saturated rings. The molecule has 0 atom stereocenters. The SMILES string of the molecule is Cc1c(NC(=O)NCc2ccncc2)cn2ncc(C#N)c(Nc3ccc(Oc4ccccc4)cc3)c12. The molecule has 9 heteroatoms. The number of nitrogens with zero attached hydrogens (tertiary/aromatic N) is 4. The summed E-state index contributed by atoms with van der Waals surface area (Å²) in [5.41, 5.74) is 4.74. The van der Waals surface area contributed by atoms with E-state index in [0.29, 0.717) is 34.7 Å². The van der Waals surface area contributed by atoms with Gasteiger partial charge in [0.15, 0.2) is 0 Å². The molecule has 2 aromatic carbocycles. The second-order valence-electron chi connectivity index (χ2n) is 8.23. The number of para-hydroxylation sites is 1. The van der Waals surface area contributed by atoms with Crippen LogP contribution in [0.15, 0.2) is 91.5 Å². The van der Waals surface area contributed by atoms with Gasteiger partial charge in [-0.1, -0.05) is 18.2 Å². The molecule has 5 aromatic rings. The fourth-order valence-corrected chi connectivity index (χ4v) is 3.85. The highest BCUT2D eigenvalue weighted by Gasteiger charge is 2.17. The highest BCUT2D eigenvalue weighted by Crippen LogP contribution is 2.33. The van der Waals surface area contributed by atoms with Crippen LogP contribution in [0.3, 0.4) is 0 Å². The number of hydrogen-bond acceptors (Lipinski definition) is 6. The van der Waals surface area contributed by atoms with Gasteiger partial charge in [-0.05, 0) is 61.0 Å². The zero-order chi connectivity index (χ0) is 25.6. The molecule has 0 aliphatic carbocycles. The van der Waals surface area contributed by atoms with Crippen molar-refractivity contribution in [2.75, 3.05) is 10.6 Å². The highest BCUT2D eigenvalue weighted by atomic mass is 16.5. The van der Waals surface area contributed by atoms with Crippen LogP contribution in [0, 0.1) is 18.3 Å². The molecule has 2 amide bonds. The third-order valence-corrected chi connectivity index (χ3v) is 5.73. The fraction of sp³-hybridized carbons (Fsp3) is 0.0714. The predicted octanol–water partition coefficient (Wildman–Crippen LogP) is 5.77. The maximum absolute atomic E-state index is 12.5. The van der Waals surface area contributed by atoms with Crippen LogP contribution < -0.4 is 20.7 Å². The third kappa shape index (κ3) is 5.33. The summed E-state index contributed by atoms with van der Waals surface area (Å²) < 4.78 is 7.51. The summed E-state index contributed by atoms with van der Waals surface area (Å²) in [4.78, 5) is 16.5. The Bertz CT molecular complexity index is 1570. The van der Waals surface area contributed by atoms with Gasteiger partial charge in [0.05, 0.1) is 34.8 Å². The molecule has 5 rings (SSSR count). The number of urea groups is 1. The zero-order valence-electron chi connectivity index (χ0n) is 20.0. The monoisotopic (exact) mass is 489 g/mol. The number of ether oxygens (including phenoxy) is 1. The fourth-order valence-electron chi connectivity index (χ4n) is 3.85. The smallest absolute Gasteiger partial charge is 0.319 e. The first-order chi connectivity index (χ1) is 18.1. The molecule has 9 nitrogen and oxygen atoms in total. The number of anilines is 3. The first kappa shape index (κ1) is 23.4. The first-order valence-corrected chi connectivity index (χ1v) is 11.6. The van der Waals surface area contributed by atoms with Gasteiger partial charge in [0, 0.05) is 30.2 Å². The number of fused-ring (bicyclic) bond motifs is 1. The van der Waals surface area contributed by atoms with E-state index >= 15 is 0 Å². The van der Waals surface area contributed by atoms with Gasteiger partial charge in [0.25, 0.3) is 0 Å². The Kier molecular flexibility index (Phi) is 6.63. The highest BCUT2D eigenvalue weighted by molar-refractivity contribution is 5.94. The molecule has 182 valence electrons. The summed E-state index contributed by atoms with van der Waals surface area (Å²) in [6.07, 6.45) is 6.57. The van der Waals surface area contributed by atoms with Crippen LogP contribution in [0.25, 0.3) is 5.52 Å². The quantitative estimate of drug-likeness (QED) is 0.267. The van der Waals surface area contributed by atoms with Crippen molar-refractivity contribution < 1.29 is 9.53 Å². The number of hydrogen-bond donors (Lipinski definition) is 3. The van der Waals surface area contributed by atoms with E-state index in [-0.39, 0.29) is 6.03 Å². The van der Waals surface area contributed by atoms with Crippen LogP contribution in [0.1, 0.15) is 16.7 Å². The van der Waals surface area contributed by atoms with Crippen molar-refractivity contribution in [3.05, 3.63) is 108 Å². The minimum Gasteiger partial charge on any atom is -0.457 e. The second-order valence-corrected chi connectivity index (χ2v) is 8.23. The van der Waals surface area contributed by atoms with Gasteiger partial charge in [-0.3, -0.25) is 4.98 Å². The van der Waals surface area contributed by atoms with Gasteiger partial charge in [0.2, 0.25) is 0 Å². The van der Waals surface area contributed by atoms with Gasteiger partial charge in [0.1, 0.15) is 17.6 Å². The number of rotatable bonds is 7. The second kappa shape index (κ2) is 10.5. The Balaban J connectivity index is 1.36. The topological polar surface area (TPSA) is 116 Å². The number of nitriles is 1. The summed E-state index contributed by atoms with van der Waals surface area (Å²) in [6.45, 7) is 2.24. The summed E-state index contributed by atoms with van der Waals surface area (Å²) >= 11 is 0. The lowest BCUT2D eigenvalue weighted by Gasteiger charge is -2.12. The van der Waals surface area contributed by atoms with E-state index < -0.39 is 0 Å². The molecule has 0 spiro atoms. The predicted molar refractivity (Wildman–Crippen MR) is 141 cm³/mol. The van der Waals surface area contributed by atoms with Crippen molar-refractivity contribution in [2.24, 2.45) is 0 Å². The zero-order valence-corrected chi connectivity index (χ0v) is 20.0. The van der Waals surface area contributed by atoms with E-state index in [0.717, 1.165) is 22.6 Å². The van der Waals surface area contributed by atoms with E-state index in [9.17, 15) is 10.1 Å². The number of pyridine rings is 1. The molecule has 0 radical (unpaired) electrons. The van der Waals surface area contributed by atoms with Crippen molar-refractivity contribution in [3.8, 4) is 17.6 Å². The Labute approximate surface area is 213 Å². The van der Waals surface area contributed by atoms with Gasteiger partial charge in [-0.15, -0.1) is 0 Å². The van der Waals surface area contributed by atoms with Crippen LogP contribution in [0.5, 0.6) is 11.5 Å². The van der Waals surface area contributed by atoms with E-state index in [1.807, 2.05) is 73.7 Å². The number of carbonyl (C=O) groups excluding carboxylic acids is 1. The van der Waals surface area contributed by atoms with Crippen molar-refractivity contribution >= 4 is 28.6 Å². The lowest BCUT2D eigenvalue weighted by molar-refractivity contribution is 0.251. The molecule has 3 aromatic heterocycles. The average Bonchev–Trinajstić information content (AvgIpc) is 3.25. The molecule has 0 saturated carbocycles. The molecule has 0 saturated heterocycles. The molecule has 0 aliphatic rings. The average molecular weight is 490 g/mol. The van der Waals surface area contributed by atoms with E-state index in [2.05, 4.69) is 32.1 Å². The van der Waals surface area contributed by atoms with Crippen LogP contribution in [0.2, 0.25) is 0 Å². The van der Waals surface area contributed by atoms with E-state index in [1.54, 1.807) is 23.1 Å². The molecule has 0 bridgehead atoms. The number of aromatic nitrogens is 3. The van der Waals surface area contributed by atoms with Gasteiger partial charge >= 0.3 is 6.03 Å². The standard InChI is InChI=1S/C28H23N7O2/c1-19-25(34-28(36)31-16-20-11-13-30-14-12-20)18-35-27(19)26(21(15-29)17-32-35)33-22-7-9-24(10-8-22)37-23-5-3-2-4-6-23/h2-14,17-18,33H,16H2,1H3,(H2,31,34,36). The van der Waals surface area contributed by atoms with Crippen molar-refractivity contribution in [3.63, 3.8) is 0 Å². The van der Waals surface area contributed by atoms with Crippen LogP contribution in [-0.2, 0) is 6.54 Å². The van der Waals surface area contributed by atoms with Crippen LogP contribution in [0.4, 0.5) is 21.9 Å². The number of aryl methyl sites for hydroxylation is 1. The molecule has 0 unspecified atom stereocenters.